The summed E-state index contributed by atoms with van der Waals surface area (Å²) in [4.78, 5) is 0. The van der Waals surface area contributed by atoms with E-state index in [4.69, 9.17) is 5.73 Å². The molecule has 1 nitrogen and oxygen atoms in total. The maximum absolute atomic E-state index is 6.30. The van der Waals surface area contributed by atoms with Crippen molar-refractivity contribution in [3.63, 3.8) is 0 Å². The van der Waals surface area contributed by atoms with Crippen LogP contribution in [0, 0.1) is 19.8 Å². The van der Waals surface area contributed by atoms with Gasteiger partial charge in [-0.2, -0.15) is 0 Å². The van der Waals surface area contributed by atoms with Gasteiger partial charge in [0.2, 0.25) is 0 Å². The van der Waals surface area contributed by atoms with Crippen molar-refractivity contribution < 1.29 is 0 Å². The molecule has 2 N–H and O–H groups in total. The summed E-state index contributed by atoms with van der Waals surface area (Å²) in [7, 11) is 0. The van der Waals surface area contributed by atoms with Gasteiger partial charge in [-0.15, -0.1) is 0 Å². The Hall–Kier alpha value is -0.820. The van der Waals surface area contributed by atoms with E-state index in [0.717, 1.165) is 12.3 Å². The summed E-state index contributed by atoms with van der Waals surface area (Å²) in [6.07, 6.45) is 7.90. The van der Waals surface area contributed by atoms with E-state index >= 15 is 0 Å². The van der Waals surface area contributed by atoms with E-state index in [0.29, 0.717) is 6.04 Å². The van der Waals surface area contributed by atoms with Crippen molar-refractivity contribution in [2.24, 2.45) is 11.7 Å². The molecule has 0 spiro atoms. The molecule has 0 radical (unpaired) electrons. The smallest absolute Gasteiger partial charge is 0.00820 e. The molecule has 2 rings (SSSR count). The van der Waals surface area contributed by atoms with Crippen molar-refractivity contribution in [3.05, 3.63) is 34.9 Å². The fraction of sp³-hybridized carbons (Fsp3) is 0.625. The molecule has 0 aliphatic heterocycles. The highest BCUT2D eigenvalue weighted by atomic mass is 14.6. The third-order valence-corrected chi connectivity index (χ3v) is 4.10. The Morgan fingerprint density at radius 2 is 1.94 bits per heavy atom. The Balaban J connectivity index is 1.92. The van der Waals surface area contributed by atoms with Crippen molar-refractivity contribution >= 4 is 0 Å². The van der Waals surface area contributed by atoms with E-state index in [2.05, 4.69) is 32.0 Å². The van der Waals surface area contributed by atoms with Crippen LogP contribution < -0.4 is 5.73 Å². The lowest BCUT2D eigenvalue weighted by molar-refractivity contribution is 0.440. The van der Waals surface area contributed by atoms with Crippen LogP contribution in [0.15, 0.2) is 18.2 Å². The molecule has 94 valence electrons. The lowest BCUT2D eigenvalue weighted by Crippen LogP contribution is -2.25. The number of hydrogen-bond acceptors (Lipinski definition) is 1. The minimum Gasteiger partial charge on any atom is -0.327 e. The average molecular weight is 231 g/mol. The zero-order valence-corrected chi connectivity index (χ0v) is 11.2. The molecule has 1 aromatic rings. The predicted molar refractivity (Wildman–Crippen MR) is 74.2 cm³/mol. The standard InChI is InChI=1S/C16H25N/c1-12-7-8-13(2)15(9-12)11-16(17)10-14-5-3-4-6-14/h7-9,14,16H,3-6,10-11,17H2,1-2H3. The number of benzene rings is 1. The summed E-state index contributed by atoms with van der Waals surface area (Å²) in [6.45, 7) is 4.35. The third-order valence-electron chi connectivity index (χ3n) is 4.10. The van der Waals surface area contributed by atoms with Crippen molar-refractivity contribution in [1.29, 1.82) is 0 Å². The fourth-order valence-electron chi connectivity index (χ4n) is 3.06. The third kappa shape index (κ3) is 3.57. The normalized spacial score (nSPS) is 18.5. The molecule has 1 fully saturated rings. The Bertz CT molecular complexity index is 364. The van der Waals surface area contributed by atoms with Crippen LogP contribution in [0.4, 0.5) is 0 Å². The Morgan fingerprint density at radius 3 is 2.65 bits per heavy atom. The molecule has 1 heteroatoms. The Kier molecular flexibility index (Phi) is 4.22. The molecular formula is C16H25N. The van der Waals surface area contributed by atoms with Crippen molar-refractivity contribution in [3.8, 4) is 0 Å². The first-order valence-electron chi connectivity index (χ1n) is 6.97. The van der Waals surface area contributed by atoms with E-state index in [-0.39, 0.29) is 0 Å². The van der Waals surface area contributed by atoms with Gasteiger partial charge in [0.05, 0.1) is 0 Å². The molecular weight excluding hydrogens is 206 g/mol. The van der Waals surface area contributed by atoms with Crippen LogP contribution in [0.1, 0.15) is 48.8 Å². The monoisotopic (exact) mass is 231 g/mol. The number of rotatable bonds is 4. The highest BCUT2D eigenvalue weighted by Crippen LogP contribution is 2.29. The molecule has 1 aliphatic rings. The average Bonchev–Trinajstić information content (AvgIpc) is 2.76. The molecule has 1 saturated carbocycles. The topological polar surface area (TPSA) is 26.0 Å². The first-order chi connectivity index (χ1) is 8.15. The lowest BCUT2D eigenvalue weighted by Gasteiger charge is -2.17. The minimum atomic E-state index is 0.346. The molecule has 1 atom stereocenters. The van der Waals surface area contributed by atoms with Crippen molar-refractivity contribution in [2.75, 3.05) is 0 Å². The fourth-order valence-corrected chi connectivity index (χ4v) is 3.06. The zero-order chi connectivity index (χ0) is 12.3. The molecule has 0 amide bonds. The first-order valence-corrected chi connectivity index (χ1v) is 6.97. The van der Waals surface area contributed by atoms with E-state index in [1.54, 1.807) is 0 Å². The maximum Gasteiger partial charge on any atom is 0.00820 e. The van der Waals surface area contributed by atoms with Crippen molar-refractivity contribution in [2.45, 2.75) is 58.4 Å². The van der Waals surface area contributed by atoms with Gasteiger partial charge in [-0.3, -0.25) is 0 Å². The van der Waals surface area contributed by atoms with Gasteiger partial charge in [0.1, 0.15) is 0 Å². The molecule has 0 aromatic heterocycles. The molecule has 0 heterocycles. The van der Waals surface area contributed by atoms with Crippen LogP contribution in [0.5, 0.6) is 0 Å². The molecule has 17 heavy (non-hydrogen) atoms. The van der Waals surface area contributed by atoms with Gasteiger partial charge in [0.25, 0.3) is 0 Å². The second-order valence-electron chi connectivity index (χ2n) is 5.78. The summed E-state index contributed by atoms with van der Waals surface area (Å²) >= 11 is 0. The van der Waals surface area contributed by atoms with Gasteiger partial charge >= 0.3 is 0 Å². The van der Waals surface area contributed by atoms with Crippen molar-refractivity contribution in [1.82, 2.24) is 0 Å². The molecule has 1 aliphatic carbocycles. The van der Waals surface area contributed by atoms with Gasteiger partial charge < -0.3 is 5.73 Å². The highest BCUT2D eigenvalue weighted by Gasteiger charge is 2.18. The van der Waals surface area contributed by atoms with Crippen LogP contribution in [-0.4, -0.2) is 6.04 Å². The number of nitrogens with two attached hydrogens (primary N) is 1. The highest BCUT2D eigenvalue weighted by molar-refractivity contribution is 5.31. The van der Waals surface area contributed by atoms with Crippen LogP contribution in [-0.2, 0) is 6.42 Å². The summed E-state index contributed by atoms with van der Waals surface area (Å²) in [5.41, 5.74) is 10.5. The second kappa shape index (κ2) is 5.68. The second-order valence-corrected chi connectivity index (χ2v) is 5.78. The molecule has 1 aromatic carbocycles. The summed E-state index contributed by atoms with van der Waals surface area (Å²) in [6, 6.07) is 7.04. The molecule has 1 unspecified atom stereocenters. The van der Waals surface area contributed by atoms with E-state index in [1.165, 1.54) is 48.8 Å². The van der Waals surface area contributed by atoms with Gasteiger partial charge in [0.15, 0.2) is 0 Å². The molecule has 0 saturated heterocycles. The Morgan fingerprint density at radius 1 is 1.24 bits per heavy atom. The summed E-state index contributed by atoms with van der Waals surface area (Å²) in [5.74, 6) is 0.898. The first kappa shape index (κ1) is 12.6. The lowest BCUT2D eigenvalue weighted by atomic mass is 9.92. The Labute approximate surface area is 105 Å². The van der Waals surface area contributed by atoms with E-state index < -0.39 is 0 Å². The van der Waals surface area contributed by atoms with Gasteiger partial charge in [-0.25, -0.2) is 0 Å². The SMILES string of the molecule is Cc1ccc(C)c(CC(N)CC2CCCC2)c1. The summed E-state index contributed by atoms with van der Waals surface area (Å²) in [5, 5.41) is 0. The summed E-state index contributed by atoms with van der Waals surface area (Å²) < 4.78 is 0. The minimum absolute atomic E-state index is 0.346. The quantitative estimate of drug-likeness (QED) is 0.839. The van der Waals surface area contributed by atoms with E-state index in [1.807, 2.05) is 0 Å². The van der Waals surface area contributed by atoms with Crippen LogP contribution >= 0.6 is 0 Å². The number of hydrogen-bond donors (Lipinski definition) is 1. The van der Waals surface area contributed by atoms with Gasteiger partial charge in [0, 0.05) is 6.04 Å². The van der Waals surface area contributed by atoms with Gasteiger partial charge in [-0.1, -0.05) is 49.4 Å². The number of aryl methyl sites for hydroxylation is 2. The maximum atomic E-state index is 6.30. The van der Waals surface area contributed by atoms with Crippen LogP contribution in [0.3, 0.4) is 0 Å². The zero-order valence-electron chi connectivity index (χ0n) is 11.2. The van der Waals surface area contributed by atoms with Crippen LogP contribution in [0.25, 0.3) is 0 Å². The predicted octanol–water partition coefficient (Wildman–Crippen LogP) is 3.75. The van der Waals surface area contributed by atoms with Crippen LogP contribution in [0.2, 0.25) is 0 Å². The molecule has 0 bridgehead atoms. The van der Waals surface area contributed by atoms with Gasteiger partial charge in [-0.05, 0) is 43.7 Å². The largest absolute Gasteiger partial charge is 0.327 e. The van der Waals surface area contributed by atoms with E-state index in [9.17, 15) is 0 Å².